The van der Waals surface area contributed by atoms with E-state index < -0.39 is 6.10 Å². The Morgan fingerprint density at radius 3 is 2.67 bits per heavy atom. The zero-order chi connectivity index (χ0) is 17.1. The number of carbonyl (C=O) groups is 2. The minimum atomic E-state index is -0.601. The van der Waals surface area contributed by atoms with E-state index in [4.69, 9.17) is 4.74 Å². The Morgan fingerprint density at radius 1 is 1.17 bits per heavy atom. The Bertz CT molecular complexity index is 773. The zero-order valence-corrected chi connectivity index (χ0v) is 13.8. The molecular weight excluding hydrogens is 304 g/mol. The molecule has 0 saturated heterocycles. The van der Waals surface area contributed by atoms with Gasteiger partial charge in [-0.1, -0.05) is 37.3 Å². The molecule has 1 atom stereocenters. The number of aryl methyl sites for hydroxylation is 1. The summed E-state index contributed by atoms with van der Waals surface area (Å²) in [5.74, 6) is 0.173. The summed E-state index contributed by atoms with van der Waals surface area (Å²) in [6, 6.07) is 14.9. The van der Waals surface area contributed by atoms with Crippen molar-refractivity contribution in [3.8, 4) is 5.75 Å². The highest BCUT2D eigenvalue weighted by molar-refractivity contribution is 6.06. The number of fused-ring (bicyclic) bond motifs is 1. The normalized spacial score (nSPS) is 16.3. The van der Waals surface area contributed by atoms with E-state index in [1.54, 1.807) is 19.1 Å². The van der Waals surface area contributed by atoms with Crippen LogP contribution in [0.3, 0.4) is 0 Å². The molecule has 1 aliphatic rings. The number of hydrogen-bond acceptors (Lipinski definition) is 3. The number of anilines is 2. The van der Waals surface area contributed by atoms with Crippen LogP contribution in [0.15, 0.2) is 48.5 Å². The van der Waals surface area contributed by atoms with Gasteiger partial charge in [0.1, 0.15) is 12.3 Å². The van der Waals surface area contributed by atoms with E-state index in [-0.39, 0.29) is 18.4 Å². The first-order valence-corrected chi connectivity index (χ1v) is 8.05. The van der Waals surface area contributed by atoms with Crippen LogP contribution in [0, 0.1) is 0 Å². The molecule has 3 rings (SSSR count). The van der Waals surface area contributed by atoms with Crippen LogP contribution in [0.1, 0.15) is 19.4 Å². The number of rotatable bonds is 4. The molecule has 0 spiro atoms. The standard InChI is InChI=1S/C19H20N2O3/c1-3-14-8-4-5-9-15(14)20-18(22)12-21-16-10-6-7-11-17(16)24-13(2)19(21)23/h4-11,13H,3,12H2,1-2H3,(H,20,22). The number of para-hydroxylation sites is 3. The van der Waals surface area contributed by atoms with E-state index in [9.17, 15) is 9.59 Å². The fraction of sp³-hybridized carbons (Fsp3) is 0.263. The Morgan fingerprint density at radius 2 is 1.88 bits per heavy atom. The number of nitrogens with zero attached hydrogens (tertiary/aromatic N) is 1. The van der Waals surface area contributed by atoms with Crippen molar-refractivity contribution in [1.82, 2.24) is 0 Å². The van der Waals surface area contributed by atoms with E-state index in [1.807, 2.05) is 43.3 Å². The first-order valence-electron chi connectivity index (χ1n) is 8.05. The Labute approximate surface area is 141 Å². The van der Waals surface area contributed by atoms with Crippen molar-refractivity contribution in [2.75, 3.05) is 16.8 Å². The van der Waals surface area contributed by atoms with Gasteiger partial charge in [0.2, 0.25) is 5.91 Å². The second-order valence-corrected chi connectivity index (χ2v) is 5.71. The summed E-state index contributed by atoms with van der Waals surface area (Å²) >= 11 is 0. The predicted octanol–water partition coefficient (Wildman–Crippen LogP) is 3.00. The van der Waals surface area contributed by atoms with Gasteiger partial charge in [-0.2, -0.15) is 0 Å². The van der Waals surface area contributed by atoms with E-state index in [1.165, 1.54) is 4.90 Å². The maximum Gasteiger partial charge on any atom is 0.268 e. The monoisotopic (exact) mass is 324 g/mol. The number of nitrogens with one attached hydrogen (secondary N) is 1. The van der Waals surface area contributed by atoms with E-state index in [0.29, 0.717) is 11.4 Å². The topological polar surface area (TPSA) is 58.6 Å². The maximum absolute atomic E-state index is 12.5. The molecule has 2 aromatic carbocycles. The van der Waals surface area contributed by atoms with Crippen LogP contribution in [-0.4, -0.2) is 24.5 Å². The largest absolute Gasteiger partial charge is 0.479 e. The van der Waals surface area contributed by atoms with Crippen molar-refractivity contribution in [2.24, 2.45) is 0 Å². The van der Waals surface area contributed by atoms with Crippen molar-refractivity contribution in [3.05, 3.63) is 54.1 Å². The molecule has 0 fully saturated rings. The lowest BCUT2D eigenvalue weighted by molar-refractivity contribution is -0.127. The highest BCUT2D eigenvalue weighted by atomic mass is 16.5. The second kappa shape index (κ2) is 6.74. The van der Waals surface area contributed by atoms with Crippen LogP contribution >= 0.6 is 0 Å². The van der Waals surface area contributed by atoms with Gasteiger partial charge in [-0.05, 0) is 37.1 Å². The number of amides is 2. The van der Waals surface area contributed by atoms with Gasteiger partial charge < -0.3 is 10.1 Å². The quantitative estimate of drug-likeness (QED) is 0.940. The average molecular weight is 324 g/mol. The van der Waals surface area contributed by atoms with Gasteiger partial charge in [0.25, 0.3) is 5.91 Å². The molecule has 1 unspecified atom stereocenters. The summed E-state index contributed by atoms with van der Waals surface area (Å²) in [6.07, 6.45) is 0.225. The predicted molar refractivity (Wildman–Crippen MR) is 93.3 cm³/mol. The molecule has 1 heterocycles. The fourth-order valence-electron chi connectivity index (χ4n) is 2.81. The van der Waals surface area contributed by atoms with Crippen molar-refractivity contribution in [1.29, 1.82) is 0 Å². The van der Waals surface area contributed by atoms with Crippen LogP contribution < -0.4 is 15.0 Å². The van der Waals surface area contributed by atoms with Gasteiger partial charge in [-0.3, -0.25) is 14.5 Å². The molecule has 0 bridgehead atoms. The summed E-state index contributed by atoms with van der Waals surface area (Å²) in [4.78, 5) is 26.4. The van der Waals surface area contributed by atoms with Crippen LogP contribution in [0.4, 0.5) is 11.4 Å². The smallest absolute Gasteiger partial charge is 0.268 e. The molecular formula is C19H20N2O3. The molecule has 1 N–H and O–H groups in total. The SMILES string of the molecule is CCc1ccccc1NC(=O)CN1C(=O)C(C)Oc2ccccc21. The van der Waals surface area contributed by atoms with E-state index in [2.05, 4.69) is 5.32 Å². The molecule has 0 aliphatic carbocycles. The van der Waals surface area contributed by atoms with Crippen molar-refractivity contribution >= 4 is 23.2 Å². The van der Waals surface area contributed by atoms with E-state index >= 15 is 0 Å². The average Bonchev–Trinajstić information content (AvgIpc) is 2.59. The lowest BCUT2D eigenvalue weighted by atomic mass is 10.1. The molecule has 5 nitrogen and oxygen atoms in total. The number of carbonyl (C=O) groups excluding carboxylic acids is 2. The second-order valence-electron chi connectivity index (χ2n) is 5.71. The summed E-state index contributed by atoms with van der Waals surface area (Å²) in [5, 5.41) is 2.90. The number of ether oxygens (including phenoxy) is 1. The molecule has 2 aromatic rings. The highest BCUT2D eigenvalue weighted by Gasteiger charge is 2.32. The summed E-state index contributed by atoms with van der Waals surface area (Å²) < 4.78 is 5.59. The highest BCUT2D eigenvalue weighted by Crippen LogP contribution is 2.33. The number of hydrogen-bond donors (Lipinski definition) is 1. The van der Waals surface area contributed by atoms with E-state index in [0.717, 1.165) is 17.7 Å². The Hall–Kier alpha value is -2.82. The zero-order valence-electron chi connectivity index (χ0n) is 13.8. The van der Waals surface area contributed by atoms with Crippen molar-refractivity contribution in [3.63, 3.8) is 0 Å². The summed E-state index contributed by atoms with van der Waals surface area (Å²) in [5.41, 5.74) is 2.47. The minimum Gasteiger partial charge on any atom is -0.479 e. The Kier molecular flexibility index (Phi) is 4.51. The third-order valence-corrected chi connectivity index (χ3v) is 4.05. The van der Waals surface area contributed by atoms with Gasteiger partial charge in [0.05, 0.1) is 5.69 Å². The molecule has 5 heteroatoms. The van der Waals surface area contributed by atoms with Gasteiger partial charge in [-0.25, -0.2) is 0 Å². The molecule has 2 amide bonds. The lowest BCUT2D eigenvalue weighted by Crippen LogP contribution is -2.47. The van der Waals surface area contributed by atoms with Crippen LogP contribution in [-0.2, 0) is 16.0 Å². The van der Waals surface area contributed by atoms with Gasteiger partial charge in [0.15, 0.2) is 6.10 Å². The van der Waals surface area contributed by atoms with Gasteiger partial charge >= 0.3 is 0 Å². The summed E-state index contributed by atoms with van der Waals surface area (Å²) in [6.45, 7) is 3.69. The third-order valence-electron chi connectivity index (χ3n) is 4.05. The molecule has 1 aliphatic heterocycles. The lowest BCUT2D eigenvalue weighted by Gasteiger charge is -2.32. The van der Waals surface area contributed by atoms with Crippen molar-refractivity contribution < 1.29 is 14.3 Å². The fourth-order valence-corrected chi connectivity index (χ4v) is 2.81. The summed E-state index contributed by atoms with van der Waals surface area (Å²) in [7, 11) is 0. The molecule has 24 heavy (non-hydrogen) atoms. The molecule has 0 aromatic heterocycles. The maximum atomic E-state index is 12.5. The minimum absolute atomic E-state index is 0.0401. The van der Waals surface area contributed by atoms with Gasteiger partial charge in [-0.15, -0.1) is 0 Å². The van der Waals surface area contributed by atoms with Crippen LogP contribution in [0.5, 0.6) is 5.75 Å². The molecule has 124 valence electrons. The van der Waals surface area contributed by atoms with Crippen molar-refractivity contribution in [2.45, 2.75) is 26.4 Å². The first-order chi connectivity index (χ1) is 11.6. The Balaban J connectivity index is 1.80. The first kappa shape index (κ1) is 16.1. The van der Waals surface area contributed by atoms with Gasteiger partial charge in [0, 0.05) is 5.69 Å². The third kappa shape index (κ3) is 3.11. The number of benzene rings is 2. The molecule has 0 saturated carbocycles. The molecule has 0 radical (unpaired) electrons. The van der Waals surface area contributed by atoms with Crippen LogP contribution in [0.25, 0.3) is 0 Å². The van der Waals surface area contributed by atoms with Crippen LogP contribution in [0.2, 0.25) is 0 Å².